The van der Waals surface area contributed by atoms with Crippen LogP contribution in [0.3, 0.4) is 0 Å². The molecule has 1 aliphatic rings. The summed E-state index contributed by atoms with van der Waals surface area (Å²) in [6.07, 6.45) is 3.99. The number of rotatable bonds is 10. The van der Waals surface area contributed by atoms with E-state index in [2.05, 4.69) is 18.7 Å². The molecule has 0 bridgehead atoms. The highest BCUT2D eigenvalue weighted by molar-refractivity contribution is 5.94. The van der Waals surface area contributed by atoms with Gasteiger partial charge in [0.15, 0.2) is 0 Å². The van der Waals surface area contributed by atoms with Gasteiger partial charge in [-0.15, -0.1) is 0 Å². The third kappa shape index (κ3) is 5.96. The van der Waals surface area contributed by atoms with Crippen molar-refractivity contribution < 1.29 is 14.7 Å². The minimum atomic E-state index is -0.791. The average molecular weight is 390 g/mol. The topological polar surface area (TPSA) is 64.1 Å². The van der Waals surface area contributed by atoms with E-state index in [-0.39, 0.29) is 18.5 Å². The van der Waals surface area contributed by atoms with Gasteiger partial charge < -0.3 is 14.9 Å². The Morgan fingerprint density at radius 3 is 2.21 bits per heavy atom. The molecule has 0 spiro atoms. The molecule has 1 aliphatic heterocycles. The molecule has 0 aromatic heterocycles. The Morgan fingerprint density at radius 1 is 1.07 bits per heavy atom. The molecule has 2 rings (SSSR count). The van der Waals surface area contributed by atoms with E-state index < -0.39 is 5.97 Å². The van der Waals surface area contributed by atoms with Crippen molar-refractivity contribution in [2.75, 3.05) is 44.2 Å². The van der Waals surface area contributed by atoms with Gasteiger partial charge in [0.25, 0.3) is 5.91 Å². The van der Waals surface area contributed by atoms with Crippen molar-refractivity contribution in [1.82, 2.24) is 9.80 Å². The molecular formula is C22H35N3O3. The Bertz CT molecular complexity index is 624. The molecule has 156 valence electrons. The van der Waals surface area contributed by atoms with E-state index in [1.54, 1.807) is 0 Å². The quantitative estimate of drug-likeness (QED) is 0.665. The van der Waals surface area contributed by atoms with Crippen molar-refractivity contribution in [1.29, 1.82) is 0 Å². The lowest BCUT2D eigenvalue weighted by atomic mass is 10.0. The van der Waals surface area contributed by atoms with Crippen LogP contribution in [0.4, 0.5) is 5.69 Å². The zero-order valence-electron chi connectivity index (χ0n) is 17.6. The van der Waals surface area contributed by atoms with Gasteiger partial charge >= 0.3 is 5.97 Å². The maximum atomic E-state index is 12.9. The molecule has 0 radical (unpaired) electrons. The minimum absolute atomic E-state index is 0.0720. The lowest BCUT2D eigenvalue weighted by Crippen LogP contribution is -2.48. The summed E-state index contributed by atoms with van der Waals surface area (Å²) >= 11 is 0. The van der Waals surface area contributed by atoms with Gasteiger partial charge in [-0.25, -0.2) is 0 Å². The van der Waals surface area contributed by atoms with Crippen molar-refractivity contribution in [2.45, 2.75) is 52.5 Å². The fourth-order valence-electron chi connectivity index (χ4n) is 3.92. The fourth-order valence-corrected chi connectivity index (χ4v) is 3.92. The molecule has 0 aliphatic carbocycles. The number of carboxylic acid groups (broad SMARTS) is 1. The SMILES string of the molecule is CCCCN(CC)c1ccc(C(=O)N2CCC(N(CC)CC(=O)O)CC2)cc1. The Morgan fingerprint density at radius 2 is 1.71 bits per heavy atom. The van der Waals surface area contributed by atoms with Gasteiger partial charge in [-0.2, -0.15) is 0 Å². The second-order valence-electron chi connectivity index (χ2n) is 7.46. The summed E-state index contributed by atoms with van der Waals surface area (Å²) in [5.74, 6) is -0.719. The molecule has 1 N–H and O–H groups in total. The molecule has 6 nitrogen and oxygen atoms in total. The summed E-state index contributed by atoms with van der Waals surface area (Å²) in [4.78, 5) is 30.1. The van der Waals surface area contributed by atoms with Gasteiger partial charge in [-0.05, 0) is 57.0 Å². The first-order valence-corrected chi connectivity index (χ1v) is 10.6. The molecule has 0 atom stereocenters. The van der Waals surface area contributed by atoms with E-state index in [1.807, 2.05) is 41.0 Å². The maximum Gasteiger partial charge on any atom is 0.317 e. The lowest BCUT2D eigenvalue weighted by Gasteiger charge is -2.37. The maximum absolute atomic E-state index is 12.9. The number of carbonyl (C=O) groups is 2. The minimum Gasteiger partial charge on any atom is -0.480 e. The number of amides is 1. The molecular weight excluding hydrogens is 354 g/mol. The Balaban J connectivity index is 1.93. The van der Waals surface area contributed by atoms with Crippen molar-refractivity contribution in [2.24, 2.45) is 0 Å². The highest BCUT2D eigenvalue weighted by Gasteiger charge is 2.27. The molecule has 1 amide bonds. The number of hydrogen-bond acceptors (Lipinski definition) is 4. The van der Waals surface area contributed by atoms with Crippen molar-refractivity contribution in [3.8, 4) is 0 Å². The third-order valence-electron chi connectivity index (χ3n) is 5.66. The number of carbonyl (C=O) groups excluding carboxylic acids is 1. The zero-order valence-corrected chi connectivity index (χ0v) is 17.6. The normalized spacial score (nSPS) is 15.1. The molecule has 1 heterocycles. The van der Waals surface area contributed by atoms with Gasteiger partial charge in [0.05, 0.1) is 6.54 Å². The molecule has 0 saturated carbocycles. The molecule has 1 fully saturated rings. The standard InChI is InChI=1S/C22H35N3O3/c1-4-7-14-23(5-2)19-10-8-18(9-11-19)22(28)25-15-12-20(13-16-25)24(6-3)17-21(26)27/h8-11,20H,4-7,12-17H2,1-3H3,(H,26,27). The van der Waals surface area contributed by atoms with Gasteiger partial charge in [0, 0.05) is 43.5 Å². The molecule has 0 unspecified atom stereocenters. The number of piperidine rings is 1. The van der Waals surface area contributed by atoms with Gasteiger partial charge in [0.2, 0.25) is 0 Å². The first-order valence-electron chi connectivity index (χ1n) is 10.6. The van der Waals surface area contributed by atoms with Gasteiger partial charge in [-0.3, -0.25) is 14.5 Å². The largest absolute Gasteiger partial charge is 0.480 e. The molecule has 6 heteroatoms. The van der Waals surface area contributed by atoms with E-state index in [0.717, 1.165) is 38.0 Å². The summed E-state index contributed by atoms with van der Waals surface area (Å²) in [5.41, 5.74) is 1.89. The number of likely N-dealkylation sites (N-methyl/N-ethyl adjacent to an activating group) is 1. The lowest BCUT2D eigenvalue weighted by molar-refractivity contribution is -0.139. The molecule has 1 saturated heterocycles. The smallest absolute Gasteiger partial charge is 0.317 e. The number of benzene rings is 1. The Kier molecular flexibility index (Phi) is 8.77. The monoisotopic (exact) mass is 389 g/mol. The third-order valence-corrected chi connectivity index (χ3v) is 5.66. The van der Waals surface area contributed by atoms with Crippen LogP contribution in [0.2, 0.25) is 0 Å². The predicted octanol–water partition coefficient (Wildman–Crippen LogP) is 3.32. The average Bonchev–Trinajstić information content (AvgIpc) is 2.72. The molecule has 1 aromatic rings. The highest BCUT2D eigenvalue weighted by Crippen LogP contribution is 2.21. The summed E-state index contributed by atoms with van der Waals surface area (Å²) < 4.78 is 0. The van der Waals surface area contributed by atoms with Gasteiger partial charge in [-0.1, -0.05) is 20.3 Å². The van der Waals surface area contributed by atoms with Crippen LogP contribution in [0.1, 0.15) is 56.8 Å². The second kappa shape index (κ2) is 11.1. The number of anilines is 1. The summed E-state index contributed by atoms with van der Waals surface area (Å²) in [6.45, 7) is 10.5. The van der Waals surface area contributed by atoms with E-state index >= 15 is 0 Å². The first kappa shape index (κ1) is 22.2. The number of likely N-dealkylation sites (tertiary alicyclic amines) is 1. The van der Waals surface area contributed by atoms with E-state index in [4.69, 9.17) is 5.11 Å². The van der Waals surface area contributed by atoms with E-state index in [0.29, 0.717) is 13.1 Å². The summed E-state index contributed by atoms with van der Waals surface area (Å²) in [6, 6.07) is 8.20. The van der Waals surface area contributed by atoms with Crippen LogP contribution in [-0.2, 0) is 4.79 Å². The number of nitrogens with zero attached hydrogens (tertiary/aromatic N) is 3. The Labute approximate surface area is 169 Å². The van der Waals surface area contributed by atoms with Crippen LogP contribution < -0.4 is 4.90 Å². The van der Waals surface area contributed by atoms with Crippen LogP contribution in [0.5, 0.6) is 0 Å². The van der Waals surface area contributed by atoms with Crippen LogP contribution in [0, 0.1) is 0 Å². The van der Waals surface area contributed by atoms with Crippen molar-refractivity contribution in [3.63, 3.8) is 0 Å². The first-order chi connectivity index (χ1) is 13.5. The molecule has 28 heavy (non-hydrogen) atoms. The summed E-state index contributed by atoms with van der Waals surface area (Å²) in [7, 11) is 0. The second-order valence-corrected chi connectivity index (χ2v) is 7.46. The van der Waals surface area contributed by atoms with Crippen LogP contribution >= 0.6 is 0 Å². The van der Waals surface area contributed by atoms with Gasteiger partial charge in [0.1, 0.15) is 0 Å². The number of carboxylic acids is 1. The van der Waals surface area contributed by atoms with Crippen LogP contribution in [-0.4, -0.2) is 72.1 Å². The highest BCUT2D eigenvalue weighted by atomic mass is 16.4. The number of hydrogen-bond donors (Lipinski definition) is 1. The van der Waals surface area contributed by atoms with Crippen molar-refractivity contribution in [3.05, 3.63) is 29.8 Å². The predicted molar refractivity (Wildman–Crippen MR) is 113 cm³/mol. The van der Waals surface area contributed by atoms with Crippen molar-refractivity contribution >= 4 is 17.6 Å². The zero-order chi connectivity index (χ0) is 20.5. The Hall–Kier alpha value is -2.08. The summed E-state index contributed by atoms with van der Waals surface area (Å²) in [5, 5.41) is 9.05. The number of unbranched alkanes of at least 4 members (excludes halogenated alkanes) is 1. The van der Waals surface area contributed by atoms with Crippen LogP contribution in [0.15, 0.2) is 24.3 Å². The van der Waals surface area contributed by atoms with Crippen LogP contribution in [0.25, 0.3) is 0 Å². The molecule has 1 aromatic carbocycles. The van der Waals surface area contributed by atoms with E-state index in [9.17, 15) is 9.59 Å². The fraction of sp³-hybridized carbons (Fsp3) is 0.636. The van der Waals surface area contributed by atoms with E-state index in [1.165, 1.54) is 18.5 Å². The number of aliphatic carboxylic acids is 1.